The van der Waals surface area contributed by atoms with E-state index in [0.717, 1.165) is 22.8 Å². The van der Waals surface area contributed by atoms with E-state index >= 15 is 0 Å². The minimum Gasteiger partial charge on any atom is -0.204 e. The highest BCUT2D eigenvalue weighted by Crippen LogP contribution is 2.38. The Labute approximate surface area is 133 Å². The van der Waals surface area contributed by atoms with Crippen molar-refractivity contribution in [3.8, 4) is 0 Å². The zero-order chi connectivity index (χ0) is 17.1. The van der Waals surface area contributed by atoms with Gasteiger partial charge in [0.05, 0.1) is 0 Å². The summed E-state index contributed by atoms with van der Waals surface area (Å²) in [7, 11) is 0. The fraction of sp³-hybridized carbons (Fsp3) is 0.400. The van der Waals surface area contributed by atoms with Gasteiger partial charge in [0.2, 0.25) is 0 Å². The van der Waals surface area contributed by atoms with Gasteiger partial charge in [0, 0.05) is 0 Å². The van der Waals surface area contributed by atoms with E-state index in [9.17, 15) is 8.78 Å². The van der Waals surface area contributed by atoms with Crippen molar-refractivity contribution in [3.63, 3.8) is 0 Å². The average Bonchev–Trinajstić information content (AvgIpc) is 2.41. The van der Waals surface area contributed by atoms with E-state index in [2.05, 4.69) is 33.9 Å². The Bertz CT molecular complexity index is 601. The van der Waals surface area contributed by atoms with Gasteiger partial charge < -0.3 is 0 Å². The van der Waals surface area contributed by atoms with Crippen LogP contribution in [0.25, 0.3) is 0 Å². The molecular formula is C20H26F2. The van der Waals surface area contributed by atoms with E-state index in [1.807, 2.05) is 19.9 Å². The summed E-state index contributed by atoms with van der Waals surface area (Å²) in [6.45, 7) is 18.2. The standard InChI is InChI=1S/C20H26F2/c1-8-16(14(4)13(2)3)17(20(5,6)7)12-15-10-9-11-18(21)19(15)22/h8-11,17H,1-2,12H2,3-7H3/b16-14+. The Balaban J connectivity index is 3.37. The molecular weight excluding hydrogens is 278 g/mol. The first kappa shape index (κ1) is 18.3. The summed E-state index contributed by atoms with van der Waals surface area (Å²) < 4.78 is 27.5. The molecule has 1 unspecified atom stereocenters. The van der Waals surface area contributed by atoms with Gasteiger partial charge in [-0.3, -0.25) is 0 Å². The smallest absolute Gasteiger partial charge is 0.162 e. The predicted octanol–water partition coefficient (Wildman–Crippen LogP) is 6.25. The van der Waals surface area contributed by atoms with Gasteiger partial charge in [0.1, 0.15) is 0 Å². The quantitative estimate of drug-likeness (QED) is 0.564. The Hall–Kier alpha value is -1.70. The maximum atomic E-state index is 14.0. The van der Waals surface area contributed by atoms with E-state index in [1.165, 1.54) is 0 Å². The zero-order valence-corrected chi connectivity index (χ0v) is 14.3. The molecule has 120 valence electrons. The van der Waals surface area contributed by atoms with E-state index in [-0.39, 0.29) is 11.3 Å². The molecule has 0 N–H and O–H groups in total. The topological polar surface area (TPSA) is 0 Å². The molecule has 0 amide bonds. The summed E-state index contributed by atoms with van der Waals surface area (Å²) in [5.41, 5.74) is 3.35. The molecule has 0 heterocycles. The van der Waals surface area contributed by atoms with Crippen molar-refractivity contribution < 1.29 is 8.78 Å². The van der Waals surface area contributed by atoms with Crippen molar-refractivity contribution in [2.45, 2.75) is 41.0 Å². The highest BCUT2D eigenvalue weighted by Gasteiger charge is 2.29. The van der Waals surface area contributed by atoms with Gasteiger partial charge in [-0.05, 0) is 54.4 Å². The highest BCUT2D eigenvalue weighted by molar-refractivity contribution is 5.39. The van der Waals surface area contributed by atoms with Gasteiger partial charge in [0.15, 0.2) is 11.6 Å². The third-order valence-electron chi connectivity index (χ3n) is 4.17. The summed E-state index contributed by atoms with van der Waals surface area (Å²) in [5, 5.41) is 0. The summed E-state index contributed by atoms with van der Waals surface area (Å²) in [6, 6.07) is 4.35. The Morgan fingerprint density at radius 3 is 2.27 bits per heavy atom. The first-order valence-corrected chi connectivity index (χ1v) is 7.51. The number of allylic oxidation sites excluding steroid dienone is 4. The van der Waals surface area contributed by atoms with Crippen LogP contribution in [0.2, 0.25) is 0 Å². The second kappa shape index (κ2) is 7.04. The summed E-state index contributed by atoms with van der Waals surface area (Å²) in [6.07, 6.45) is 2.25. The SMILES string of the molecule is C=C/C(=C(/C)C(=C)C)C(Cc1cccc(F)c1F)C(C)(C)C. The normalized spacial score (nSPS) is 14.3. The maximum absolute atomic E-state index is 14.0. The van der Waals surface area contributed by atoms with Crippen LogP contribution in [0, 0.1) is 23.0 Å². The van der Waals surface area contributed by atoms with E-state index in [1.54, 1.807) is 12.1 Å². The number of hydrogen-bond donors (Lipinski definition) is 0. The van der Waals surface area contributed by atoms with Gasteiger partial charge in [-0.15, -0.1) is 0 Å². The van der Waals surface area contributed by atoms with Crippen LogP contribution < -0.4 is 0 Å². The lowest BCUT2D eigenvalue weighted by Gasteiger charge is -2.33. The average molecular weight is 304 g/mol. The summed E-state index contributed by atoms with van der Waals surface area (Å²) in [5.74, 6) is -1.53. The molecule has 0 fully saturated rings. The molecule has 22 heavy (non-hydrogen) atoms. The second-order valence-corrected chi connectivity index (χ2v) is 6.90. The maximum Gasteiger partial charge on any atom is 0.162 e. The molecule has 0 bridgehead atoms. The van der Waals surface area contributed by atoms with Gasteiger partial charge in [-0.25, -0.2) is 8.78 Å². The number of rotatable bonds is 5. The van der Waals surface area contributed by atoms with Crippen LogP contribution in [0.1, 0.15) is 40.2 Å². The first-order chi connectivity index (χ1) is 10.1. The van der Waals surface area contributed by atoms with Crippen LogP contribution >= 0.6 is 0 Å². The molecule has 0 aliphatic carbocycles. The Morgan fingerprint density at radius 2 is 1.82 bits per heavy atom. The minimum absolute atomic E-state index is 0.0259. The Morgan fingerprint density at radius 1 is 1.23 bits per heavy atom. The molecule has 0 spiro atoms. The van der Waals surface area contributed by atoms with Crippen molar-refractivity contribution in [3.05, 3.63) is 71.4 Å². The minimum atomic E-state index is -0.800. The van der Waals surface area contributed by atoms with E-state index in [0.29, 0.717) is 12.0 Å². The molecule has 2 heteroatoms. The molecule has 0 saturated carbocycles. The second-order valence-electron chi connectivity index (χ2n) is 6.90. The number of halogens is 2. The van der Waals surface area contributed by atoms with Gasteiger partial charge in [-0.1, -0.05) is 57.7 Å². The van der Waals surface area contributed by atoms with Crippen LogP contribution in [0.3, 0.4) is 0 Å². The van der Waals surface area contributed by atoms with Crippen LogP contribution in [-0.4, -0.2) is 0 Å². The molecule has 0 aliphatic heterocycles. The molecule has 1 atom stereocenters. The van der Waals surface area contributed by atoms with Crippen molar-refractivity contribution in [2.75, 3.05) is 0 Å². The largest absolute Gasteiger partial charge is 0.204 e. The van der Waals surface area contributed by atoms with Crippen molar-refractivity contribution in [2.24, 2.45) is 11.3 Å². The molecule has 0 aromatic heterocycles. The van der Waals surface area contributed by atoms with E-state index < -0.39 is 11.6 Å². The molecule has 0 saturated heterocycles. The van der Waals surface area contributed by atoms with Gasteiger partial charge in [-0.2, -0.15) is 0 Å². The molecule has 1 aromatic carbocycles. The predicted molar refractivity (Wildman–Crippen MR) is 90.7 cm³/mol. The lowest BCUT2D eigenvalue weighted by atomic mass is 9.71. The van der Waals surface area contributed by atoms with Crippen LogP contribution in [0.5, 0.6) is 0 Å². The number of benzene rings is 1. The first-order valence-electron chi connectivity index (χ1n) is 7.51. The fourth-order valence-corrected chi connectivity index (χ4v) is 2.61. The lowest BCUT2D eigenvalue weighted by Crippen LogP contribution is -2.25. The van der Waals surface area contributed by atoms with Crippen LogP contribution in [0.4, 0.5) is 8.78 Å². The zero-order valence-electron chi connectivity index (χ0n) is 14.3. The molecule has 0 radical (unpaired) electrons. The van der Waals surface area contributed by atoms with Gasteiger partial charge >= 0.3 is 0 Å². The third-order valence-corrected chi connectivity index (χ3v) is 4.17. The van der Waals surface area contributed by atoms with Crippen molar-refractivity contribution in [1.29, 1.82) is 0 Å². The highest BCUT2D eigenvalue weighted by atomic mass is 19.2. The van der Waals surface area contributed by atoms with Crippen molar-refractivity contribution >= 4 is 0 Å². The van der Waals surface area contributed by atoms with Crippen molar-refractivity contribution in [1.82, 2.24) is 0 Å². The monoisotopic (exact) mass is 304 g/mol. The van der Waals surface area contributed by atoms with Gasteiger partial charge in [0.25, 0.3) is 0 Å². The lowest BCUT2D eigenvalue weighted by molar-refractivity contribution is 0.277. The molecule has 0 nitrogen and oxygen atoms in total. The summed E-state index contributed by atoms with van der Waals surface area (Å²) >= 11 is 0. The summed E-state index contributed by atoms with van der Waals surface area (Å²) in [4.78, 5) is 0. The molecule has 1 rings (SSSR count). The number of hydrogen-bond acceptors (Lipinski definition) is 0. The molecule has 1 aromatic rings. The Kier molecular flexibility index (Phi) is 5.87. The molecule has 0 aliphatic rings. The third kappa shape index (κ3) is 4.16. The van der Waals surface area contributed by atoms with E-state index in [4.69, 9.17) is 0 Å². The fourth-order valence-electron chi connectivity index (χ4n) is 2.61. The van der Waals surface area contributed by atoms with Crippen LogP contribution in [-0.2, 0) is 6.42 Å². The van der Waals surface area contributed by atoms with Crippen LogP contribution in [0.15, 0.2) is 54.2 Å².